The van der Waals surface area contributed by atoms with Crippen molar-refractivity contribution in [2.45, 2.75) is 39.8 Å². The molecule has 0 aliphatic carbocycles. The lowest BCUT2D eigenvalue weighted by molar-refractivity contribution is 0.0325. The maximum atomic E-state index is 9.72. The number of thiophene rings is 1. The van der Waals surface area contributed by atoms with E-state index in [1.807, 2.05) is 6.92 Å². The molecule has 1 rings (SSSR count). The Hall–Kier alpha value is -0.380. The average molecular weight is 241 g/mol. The molecule has 92 valence electrons. The summed E-state index contributed by atoms with van der Waals surface area (Å²) in [5, 5.41) is 11.8. The van der Waals surface area contributed by atoms with E-state index in [9.17, 15) is 5.11 Å². The molecular formula is C13H23NOS. The molecule has 0 saturated carbocycles. The molecule has 0 bridgehead atoms. The van der Waals surface area contributed by atoms with Gasteiger partial charge in [0.2, 0.25) is 0 Å². The standard InChI is InChI=1S/C13H23NOS/c1-10(12-7-6-8-16-12)14(5)9-13(3,4)11(2)15/h6-8,10-11,15H,9H2,1-5H3. The molecule has 16 heavy (non-hydrogen) atoms. The van der Waals surface area contributed by atoms with E-state index in [1.165, 1.54) is 4.88 Å². The van der Waals surface area contributed by atoms with Crippen LogP contribution in [0.25, 0.3) is 0 Å². The van der Waals surface area contributed by atoms with Crippen LogP contribution in [0.5, 0.6) is 0 Å². The van der Waals surface area contributed by atoms with Gasteiger partial charge >= 0.3 is 0 Å². The Balaban J connectivity index is 2.62. The predicted octanol–water partition coefficient (Wildman–Crippen LogP) is 3.15. The minimum atomic E-state index is -0.287. The molecule has 0 aromatic carbocycles. The number of aliphatic hydroxyl groups is 1. The smallest absolute Gasteiger partial charge is 0.0575 e. The molecule has 0 fully saturated rings. The lowest BCUT2D eigenvalue weighted by Gasteiger charge is -2.35. The van der Waals surface area contributed by atoms with Gasteiger partial charge in [0.25, 0.3) is 0 Å². The molecule has 1 aromatic heterocycles. The highest BCUT2D eigenvalue weighted by Crippen LogP contribution is 2.28. The molecule has 0 aliphatic rings. The fourth-order valence-corrected chi connectivity index (χ4v) is 2.51. The van der Waals surface area contributed by atoms with Gasteiger partial charge in [-0.25, -0.2) is 0 Å². The Bertz CT molecular complexity index is 306. The number of hydrogen-bond acceptors (Lipinski definition) is 3. The van der Waals surface area contributed by atoms with Crippen LogP contribution in [0.3, 0.4) is 0 Å². The first-order valence-corrected chi connectivity index (χ1v) is 6.64. The molecule has 2 nitrogen and oxygen atoms in total. The highest BCUT2D eigenvalue weighted by Gasteiger charge is 2.27. The molecule has 1 N–H and O–H groups in total. The van der Waals surface area contributed by atoms with Crippen molar-refractivity contribution >= 4 is 11.3 Å². The summed E-state index contributed by atoms with van der Waals surface area (Å²) in [5.74, 6) is 0. The van der Waals surface area contributed by atoms with Crippen molar-refractivity contribution in [2.24, 2.45) is 5.41 Å². The SMILES string of the molecule is CC(c1cccs1)N(C)CC(C)(C)C(C)O. The Labute approximate surface area is 103 Å². The van der Waals surface area contributed by atoms with E-state index in [4.69, 9.17) is 0 Å². The number of aliphatic hydroxyl groups excluding tert-OH is 1. The summed E-state index contributed by atoms with van der Waals surface area (Å²) in [4.78, 5) is 3.68. The van der Waals surface area contributed by atoms with Crippen molar-refractivity contribution < 1.29 is 5.11 Å². The average Bonchev–Trinajstić information content (AvgIpc) is 2.68. The van der Waals surface area contributed by atoms with E-state index in [0.29, 0.717) is 6.04 Å². The summed E-state index contributed by atoms with van der Waals surface area (Å²) in [7, 11) is 2.12. The minimum Gasteiger partial charge on any atom is -0.393 e. The zero-order valence-electron chi connectivity index (χ0n) is 10.9. The Kier molecular flexibility index (Phi) is 4.53. The third kappa shape index (κ3) is 3.30. The van der Waals surface area contributed by atoms with Gasteiger partial charge in [-0.05, 0) is 32.3 Å². The monoisotopic (exact) mass is 241 g/mol. The summed E-state index contributed by atoms with van der Waals surface area (Å²) in [6.45, 7) is 9.18. The van der Waals surface area contributed by atoms with Crippen molar-refractivity contribution in [3.8, 4) is 0 Å². The Morgan fingerprint density at radius 2 is 2.06 bits per heavy atom. The van der Waals surface area contributed by atoms with Crippen LogP contribution >= 0.6 is 11.3 Å². The highest BCUT2D eigenvalue weighted by atomic mass is 32.1. The molecule has 0 aliphatic heterocycles. The molecular weight excluding hydrogens is 218 g/mol. The normalized spacial score (nSPS) is 16.4. The van der Waals surface area contributed by atoms with E-state index in [2.05, 4.69) is 50.2 Å². The fraction of sp³-hybridized carbons (Fsp3) is 0.692. The van der Waals surface area contributed by atoms with Crippen LogP contribution in [-0.4, -0.2) is 29.7 Å². The first-order valence-electron chi connectivity index (χ1n) is 5.76. The van der Waals surface area contributed by atoms with Crippen molar-refractivity contribution in [3.05, 3.63) is 22.4 Å². The summed E-state index contributed by atoms with van der Waals surface area (Å²) in [6.07, 6.45) is -0.287. The molecule has 0 amide bonds. The molecule has 3 heteroatoms. The topological polar surface area (TPSA) is 23.5 Å². The van der Waals surface area contributed by atoms with Gasteiger partial charge in [-0.15, -0.1) is 11.3 Å². The highest BCUT2D eigenvalue weighted by molar-refractivity contribution is 7.10. The van der Waals surface area contributed by atoms with Crippen molar-refractivity contribution in [2.75, 3.05) is 13.6 Å². The molecule has 1 heterocycles. The van der Waals surface area contributed by atoms with Gasteiger partial charge in [0, 0.05) is 22.9 Å². The van der Waals surface area contributed by atoms with E-state index in [1.54, 1.807) is 11.3 Å². The van der Waals surface area contributed by atoms with Crippen LogP contribution in [0.1, 0.15) is 38.6 Å². The zero-order chi connectivity index (χ0) is 12.3. The Morgan fingerprint density at radius 1 is 1.44 bits per heavy atom. The van der Waals surface area contributed by atoms with Crippen LogP contribution in [0, 0.1) is 5.41 Å². The van der Waals surface area contributed by atoms with E-state index < -0.39 is 0 Å². The second-order valence-corrected chi connectivity index (χ2v) is 6.25. The van der Waals surface area contributed by atoms with Gasteiger partial charge in [-0.3, -0.25) is 4.90 Å². The minimum absolute atomic E-state index is 0.0692. The molecule has 0 radical (unpaired) electrons. The Morgan fingerprint density at radius 3 is 2.50 bits per heavy atom. The van der Waals surface area contributed by atoms with Crippen LogP contribution in [0.15, 0.2) is 17.5 Å². The third-order valence-corrected chi connectivity index (χ3v) is 4.45. The summed E-state index contributed by atoms with van der Waals surface area (Å²) in [5.41, 5.74) is -0.0692. The summed E-state index contributed by atoms with van der Waals surface area (Å²) < 4.78 is 0. The van der Waals surface area contributed by atoms with Crippen LogP contribution in [-0.2, 0) is 0 Å². The van der Waals surface area contributed by atoms with Gasteiger partial charge in [0.15, 0.2) is 0 Å². The molecule has 0 saturated heterocycles. The second-order valence-electron chi connectivity index (χ2n) is 5.27. The van der Waals surface area contributed by atoms with Gasteiger partial charge in [-0.2, -0.15) is 0 Å². The lowest BCUT2D eigenvalue weighted by Crippen LogP contribution is -2.39. The van der Waals surface area contributed by atoms with Gasteiger partial charge in [0.1, 0.15) is 0 Å². The molecule has 2 atom stereocenters. The van der Waals surface area contributed by atoms with Crippen molar-refractivity contribution in [1.29, 1.82) is 0 Å². The van der Waals surface area contributed by atoms with Crippen molar-refractivity contribution in [1.82, 2.24) is 4.90 Å². The maximum absolute atomic E-state index is 9.72. The number of rotatable bonds is 5. The van der Waals surface area contributed by atoms with E-state index in [-0.39, 0.29) is 11.5 Å². The van der Waals surface area contributed by atoms with Crippen molar-refractivity contribution in [3.63, 3.8) is 0 Å². The van der Waals surface area contributed by atoms with E-state index in [0.717, 1.165) is 6.54 Å². The molecule has 2 unspecified atom stereocenters. The first-order chi connectivity index (χ1) is 7.34. The second kappa shape index (κ2) is 5.30. The predicted molar refractivity (Wildman–Crippen MR) is 70.8 cm³/mol. The summed E-state index contributed by atoms with van der Waals surface area (Å²) in [6, 6.07) is 4.67. The van der Waals surface area contributed by atoms with Gasteiger partial charge in [0.05, 0.1) is 6.10 Å². The van der Waals surface area contributed by atoms with E-state index >= 15 is 0 Å². The molecule has 0 spiro atoms. The quantitative estimate of drug-likeness (QED) is 0.856. The third-order valence-electron chi connectivity index (χ3n) is 3.40. The maximum Gasteiger partial charge on any atom is 0.0575 e. The zero-order valence-corrected chi connectivity index (χ0v) is 11.7. The molecule has 1 aromatic rings. The fourth-order valence-electron chi connectivity index (χ4n) is 1.66. The van der Waals surface area contributed by atoms with Crippen LogP contribution in [0.2, 0.25) is 0 Å². The first kappa shape index (κ1) is 13.7. The van der Waals surface area contributed by atoms with Crippen LogP contribution in [0.4, 0.5) is 0 Å². The largest absolute Gasteiger partial charge is 0.393 e. The number of nitrogens with zero attached hydrogens (tertiary/aromatic N) is 1. The van der Waals surface area contributed by atoms with Gasteiger partial charge < -0.3 is 5.11 Å². The van der Waals surface area contributed by atoms with Gasteiger partial charge in [-0.1, -0.05) is 19.9 Å². The lowest BCUT2D eigenvalue weighted by atomic mass is 9.86. The number of hydrogen-bond donors (Lipinski definition) is 1. The summed E-state index contributed by atoms with van der Waals surface area (Å²) >= 11 is 1.79. The van der Waals surface area contributed by atoms with Crippen LogP contribution < -0.4 is 0 Å².